The van der Waals surface area contributed by atoms with Crippen molar-refractivity contribution in [2.75, 3.05) is 13.7 Å². The van der Waals surface area contributed by atoms with E-state index in [0.29, 0.717) is 13.2 Å². The van der Waals surface area contributed by atoms with Gasteiger partial charge in [0.2, 0.25) is 0 Å². The van der Waals surface area contributed by atoms with Crippen LogP contribution in [-0.2, 0) is 43.5 Å². The molecule has 40 heavy (non-hydrogen) atoms. The fourth-order valence-electron chi connectivity index (χ4n) is 4.49. The topological polar surface area (TPSA) is 66.4 Å². The zero-order valence-electron chi connectivity index (χ0n) is 23.8. The molecule has 0 amide bonds. The van der Waals surface area contributed by atoms with Crippen LogP contribution in [0.15, 0.2) is 91.0 Å². The second-order valence-corrected chi connectivity index (χ2v) is 15.8. The molecule has 0 bridgehead atoms. The van der Waals surface area contributed by atoms with Crippen molar-refractivity contribution in [1.82, 2.24) is 0 Å². The number of hydrogen-bond donors (Lipinski definition) is 1. The summed E-state index contributed by atoms with van der Waals surface area (Å²) >= 11 is 0. The lowest BCUT2D eigenvalue weighted by atomic mass is 9.84. The average Bonchev–Trinajstić information content (AvgIpc) is 2.96. The van der Waals surface area contributed by atoms with Gasteiger partial charge in [-0.15, -0.1) is 5.54 Å². The van der Waals surface area contributed by atoms with E-state index in [2.05, 4.69) is 31.1 Å². The van der Waals surface area contributed by atoms with Crippen LogP contribution in [0.3, 0.4) is 0 Å². The van der Waals surface area contributed by atoms with Gasteiger partial charge >= 0.3 is 0 Å². The van der Waals surface area contributed by atoms with Crippen LogP contribution in [0.5, 0.6) is 0 Å². The summed E-state index contributed by atoms with van der Waals surface area (Å²) in [6, 6.07) is 29.6. The number of aliphatic hydroxyl groups is 1. The van der Waals surface area contributed by atoms with Crippen molar-refractivity contribution in [1.29, 1.82) is 0 Å². The van der Waals surface area contributed by atoms with Crippen molar-refractivity contribution < 1.29 is 28.8 Å². The van der Waals surface area contributed by atoms with Gasteiger partial charge in [0.1, 0.15) is 26.4 Å². The van der Waals surface area contributed by atoms with Crippen LogP contribution in [0.2, 0.25) is 19.6 Å². The zero-order chi connectivity index (χ0) is 28.4. The van der Waals surface area contributed by atoms with Gasteiger partial charge in [-0.1, -0.05) is 117 Å². The summed E-state index contributed by atoms with van der Waals surface area (Å²) in [6.45, 7) is 7.44. The van der Waals surface area contributed by atoms with Crippen molar-refractivity contribution in [3.63, 3.8) is 0 Å². The van der Waals surface area contributed by atoms with E-state index in [1.807, 2.05) is 91.0 Å². The number of ether oxygens (including phenoxy) is 5. The highest BCUT2D eigenvalue weighted by Gasteiger charge is 2.57. The third-order valence-electron chi connectivity index (χ3n) is 6.60. The first-order valence-electron chi connectivity index (χ1n) is 13.7. The highest BCUT2D eigenvalue weighted by molar-refractivity contribution is 6.83. The summed E-state index contributed by atoms with van der Waals surface area (Å²) in [7, 11) is -0.314. The molecule has 3 aromatic rings. The maximum atomic E-state index is 12.4. The van der Waals surface area contributed by atoms with Crippen LogP contribution < -0.4 is 0 Å². The Kier molecular flexibility index (Phi) is 10.7. The average molecular weight is 561 g/mol. The molecule has 7 heteroatoms. The minimum atomic E-state index is -1.88. The van der Waals surface area contributed by atoms with Crippen molar-refractivity contribution in [3.8, 4) is 11.5 Å². The second-order valence-electron chi connectivity index (χ2n) is 11.0. The Morgan fingerprint density at radius 2 is 1.27 bits per heavy atom. The van der Waals surface area contributed by atoms with E-state index in [4.69, 9.17) is 23.7 Å². The molecule has 5 atom stereocenters. The normalized spacial score (nSPS) is 24.7. The minimum absolute atomic E-state index is 0.0994. The predicted molar refractivity (Wildman–Crippen MR) is 158 cm³/mol. The number of methoxy groups -OCH3 is 1. The Hall–Kier alpha value is -2.80. The van der Waals surface area contributed by atoms with Crippen molar-refractivity contribution in [2.45, 2.75) is 69.7 Å². The summed E-state index contributed by atoms with van der Waals surface area (Å²) in [5.74, 6) is 3.20. The van der Waals surface area contributed by atoms with Gasteiger partial charge in [-0.3, -0.25) is 0 Å². The smallest absolute Gasteiger partial charge is 0.186 e. The summed E-state index contributed by atoms with van der Waals surface area (Å²) in [5.41, 5.74) is 4.64. The van der Waals surface area contributed by atoms with Gasteiger partial charge in [-0.05, 0) is 16.7 Å². The number of hydrogen-bond acceptors (Lipinski definition) is 6. The van der Waals surface area contributed by atoms with Gasteiger partial charge in [0.25, 0.3) is 0 Å². The molecule has 4 rings (SSSR count). The molecule has 0 spiro atoms. The molecule has 3 unspecified atom stereocenters. The molecule has 1 aliphatic rings. The van der Waals surface area contributed by atoms with Crippen LogP contribution in [0.1, 0.15) is 16.7 Å². The Bertz CT molecular complexity index is 1220. The molecule has 0 radical (unpaired) electrons. The lowest BCUT2D eigenvalue weighted by molar-refractivity contribution is -0.332. The van der Waals surface area contributed by atoms with Crippen molar-refractivity contribution in [2.24, 2.45) is 0 Å². The fraction of sp³-hybridized carbons (Fsp3) is 0.394. The molecule has 3 aromatic carbocycles. The molecule has 0 aromatic heterocycles. The monoisotopic (exact) mass is 560 g/mol. The Morgan fingerprint density at radius 1 is 0.775 bits per heavy atom. The first-order chi connectivity index (χ1) is 19.3. The van der Waals surface area contributed by atoms with Gasteiger partial charge < -0.3 is 28.8 Å². The van der Waals surface area contributed by atoms with Gasteiger partial charge in [-0.2, -0.15) is 0 Å². The van der Waals surface area contributed by atoms with E-state index in [1.54, 1.807) is 7.11 Å². The molecular weight excluding hydrogens is 520 g/mol. The first kappa shape index (κ1) is 30.2. The predicted octanol–water partition coefficient (Wildman–Crippen LogP) is 5.36. The quantitative estimate of drug-likeness (QED) is 0.252. The Labute approximate surface area is 239 Å². The summed E-state index contributed by atoms with van der Waals surface area (Å²) in [6.07, 6.45) is -3.25. The summed E-state index contributed by atoms with van der Waals surface area (Å²) in [4.78, 5) is 0. The summed E-state index contributed by atoms with van der Waals surface area (Å²) < 4.78 is 31.1. The summed E-state index contributed by atoms with van der Waals surface area (Å²) in [5, 5.41) is 12.4. The van der Waals surface area contributed by atoms with E-state index in [1.165, 1.54) is 0 Å². The maximum Gasteiger partial charge on any atom is 0.186 e. The molecule has 1 saturated heterocycles. The van der Waals surface area contributed by atoms with Crippen LogP contribution in [0.25, 0.3) is 0 Å². The van der Waals surface area contributed by atoms with Crippen LogP contribution in [0, 0.1) is 11.5 Å². The van der Waals surface area contributed by atoms with E-state index < -0.39 is 38.3 Å². The molecule has 212 valence electrons. The highest BCUT2D eigenvalue weighted by atomic mass is 28.3. The SMILES string of the molecule is CO[C@H]1OC(COCc2ccccc2)[C@](O)(C#C[Si](C)(C)C)C(OCc2ccccc2)C1OCc1ccccc1. The molecular formula is C33H40O6Si. The lowest BCUT2D eigenvalue weighted by Crippen LogP contribution is -2.68. The van der Waals surface area contributed by atoms with E-state index in [9.17, 15) is 5.11 Å². The third kappa shape index (κ3) is 8.35. The zero-order valence-corrected chi connectivity index (χ0v) is 24.8. The van der Waals surface area contributed by atoms with E-state index >= 15 is 0 Å². The minimum Gasteiger partial charge on any atom is -0.374 e. The van der Waals surface area contributed by atoms with Crippen molar-refractivity contribution >= 4 is 8.07 Å². The molecule has 1 fully saturated rings. The van der Waals surface area contributed by atoms with Gasteiger partial charge in [-0.25, -0.2) is 0 Å². The van der Waals surface area contributed by atoms with Crippen LogP contribution >= 0.6 is 0 Å². The van der Waals surface area contributed by atoms with Gasteiger partial charge in [0.05, 0.1) is 26.4 Å². The molecule has 1 aliphatic heterocycles. The molecule has 0 saturated carbocycles. The third-order valence-corrected chi connectivity index (χ3v) is 7.47. The van der Waals surface area contributed by atoms with Crippen LogP contribution in [0.4, 0.5) is 0 Å². The van der Waals surface area contributed by atoms with E-state index in [-0.39, 0.29) is 13.2 Å². The largest absolute Gasteiger partial charge is 0.374 e. The van der Waals surface area contributed by atoms with Gasteiger partial charge in [0, 0.05) is 7.11 Å². The standard InChI is InChI=1S/C33H40O6Si/c1-35-32-30(37-23-27-16-10-6-11-17-27)31(38-24-28-18-12-7-13-19-28)33(34,20-21-40(2,3)4)29(39-32)25-36-22-26-14-8-5-9-15-26/h5-19,29-32,34H,22-25H2,1-4H3/t29?,30?,31?,32-,33+/m0/s1. The molecule has 0 aliphatic carbocycles. The van der Waals surface area contributed by atoms with Gasteiger partial charge in [0.15, 0.2) is 11.9 Å². The maximum absolute atomic E-state index is 12.4. The van der Waals surface area contributed by atoms with Crippen LogP contribution in [-0.4, -0.2) is 57.1 Å². The van der Waals surface area contributed by atoms with E-state index in [0.717, 1.165) is 16.7 Å². The second kappa shape index (κ2) is 14.2. The van der Waals surface area contributed by atoms with Crippen molar-refractivity contribution in [3.05, 3.63) is 108 Å². The first-order valence-corrected chi connectivity index (χ1v) is 17.2. The Morgan fingerprint density at radius 3 is 1.77 bits per heavy atom. The molecule has 1 N–H and O–H groups in total. The lowest BCUT2D eigenvalue weighted by Gasteiger charge is -2.48. The number of benzene rings is 3. The molecule has 6 nitrogen and oxygen atoms in total. The fourth-order valence-corrected chi connectivity index (χ4v) is 5.06. The Balaban J connectivity index is 1.65. The molecule has 1 heterocycles. The highest BCUT2D eigenvalue weighted by Crippen LogP contribution is 2.35. The number of rotatable bonds is 11.